The summed E-state index contributed by atoms with van der Waals surface area (Å²) in [5, 5.41) is 4.56. The van der Waals surface area contributed by atoms with Gasteiger partial charge in [-0.05, 0) is 49.2 Å². The average Bonchev–Trinajstić information content (AvgIpc) is 3.27. The van der Waals surface area contributed by atoms with Crippen molar-refractivity contribution in [2.24, 2.45) is 0 Å². The zero-order chi connectivity index (χ0) is 22.1. The maximum Gasteiger partial charge on any atom is 0.289 e. The maximum atomic E-state index is 13.2. The van der Waals surface area contributed by atoms with Gasteiger partial charge in [0.25, 0.3) is 5.91 Å². The number of piperidine rings is 1. The Labute approximate surface area is 190 Å². The van der Waals surface area contributed by atoms with Crippen molar-refractivity contribution in [3.05, 3.63) is 71.3 Å². The van der Waals surface area contributed by atoms with Gasteiger partial charge in [0.2, 0.25) is 0 Å². The summed E-state index contributed by atoms with van der Waals surface area (Å²) in [7, 11) is 1.84. The molecule has 4 heterocycles. The van der Waals surface area contributed by atoms with Gasteiger partial charge in [-0.3, -0.25) is 9.78 Å². The Balaban J connectivity index is 1.41. The van der Waals surface area contributed by atoms with E-state index in [-0.39, 0.29) is 11.8 Å². The highest BCUT2D eigenvalue weighted by Gasteiger charge is 2.29. The molecule has 4 aromatic rings. The van der Waals surface area contributed by atoms with Crippen LogP contribution in [-0.4, -0.2) is 45.9 Å². The number of carbonyl (C=O) groups is 1. The standard InChI is InChI=1S/C24H22ClN5O2/c1-26-22-12-19(28-23(29-22)15-4-2-8-27-13-15)16-5-3-9-30(14-16)24(31)21-11-17-10-18(25)6-7-20(17)32-21/h2,4,6-8,10-13,16H,3,5,9,14H2,1H3,(H,26,28,29). The number of anilines is 1. The van der Waals surface area contributed by atoms with E-state index in [9.17, 15) is 4.79 Å². The summed E-state index contributed by atoms with van der Waals surface area (Å²) in [6.07, 6.45) is 5.32. The molecular formula is C24H22ClN5O2. The molecule has 5 rings (SSSR count). The molecule has 1 amide bonds. The van der Waals surface area contributed by atoms with Crippen molar-refractivity contribution in [2.45, 2.75) is 18.8 Å². The first-order valence-corrected chi connectivity index (χ1v) is 10.9. The lowest BCUT2D eigenvalue weighted by molar-refractivity contribution is 0.0676. The number of nitrogens with zero attached hydrogens (tertiary/aromatic N) is 4. The Morgan fingerprint density at radius 1 is 1.22 bits per heavy atom. The first-order valence-electron chi connectivity index (χ1n) is 10.6. The Morgan fingerprint density at radius 3 is 2.94 bits per heavy atom. The van der Waals surface area contributed by atoms with Gasteiger partial charge in [-0.2, -0.15) is 0 Å². The lowest BCUT2D eigenvalue weighted by Gasteiger charge is -2.32. The van der Waals surface area contributed by atoms with Crippen LogP contribution >= 0.6 is 11.6 Å². The van der Waals surface area contributed by atoms with Crippen LogP contribution < -0.4 is 5.32 Å². The van der Waals surface area contributed by atoms with Crippen LogP contribution in [0.2, 0.25) is 5.02 Å². The van der Waals surface area contributed by atoms with Crippen molar-refractivity contribution in [1.82, 2.24) is 19.9 Å². The number of nitrogens with one attached hydrogen (secondary N) is 1. The van der Waals surface area contributed by atoms with Gasteiger partial charge in [-0.1, -0.05) is 11.6 Å². The zero-order valence-electron chi connectivity index (χ0n) is 17.6. The number of halogens is 1. The van der Waals surface area contributed by atoms with Crippen LogP contribution in [0, 0.1) is 0 Å². The topological polar surface area (TPSA) is 84.2 Å². The van der Waals surface area contributed by atoms with E-state index in [0.717, 1.165) is 35.3 Å². The molecule has 1 unspecified atom stereocenters. The number of likely N-dealkylation sites (tertiary alicyclic amines) is 1. The normalized spacial score (nSPS) is 16.3. The smallest absolute Gasteiger partial charge is 0.289 e. The van der Waals surface area contributed by atoms with Gasteiger partial charge in [-0.25, -0.2) is 9.97 Å². The number of rotatable bonds is 4. The van der Waals surface area contributed by atoms with Crippen LogP contribution in [0.4, 0.5) is 5.82 Å². The van der Waals surface area contributed by atoms with Gasteiger partial charge in [0, 0.05) is 60.5 Å². The van der Waals surface area contributed by atoms with E-state index in [1.54, 1.807) is 36.7 Å². The fourth-order valence-corrected chi connectivity index (χ4v) is 4.29. The summed E-state index contributed by atoms with van der Waals surface area (Å²) in [4.78, 5) is 28.6. The zero-order valence-corrected chi connectivity index (χ0v) is 18.3. The quantitative estimate of drug-likeness (QED) is 0.474. The van der Waals surface area contributed by atoms with Crippen LogP contribution in [0.5, 0.6) is 0 Å². The van der Waals surface area contributed by atoms with E-state index >= 15 is 0 Å². The molecule has 7 nitrogen and oxygen atoms in total. The second kappa shape index (κ2) is 8.59. The molecule has 1 atom stereocenters. The Morgan fingerprint density at radius 2 is 2.12 bits per heavy atom. The first-order chi connectivity index (χ1) is 15.6. The maximum absolute atomic E-state index is 13.2. The second-order valence-corrected chi connectivity index (χ2v) is 8.31. The summed E-state index contributed by atoms with van der Waals surface area (Å²) < 4.78 is 5.80. The molecule has 0 spiro atoms. The van der Waals surface area contributed by atoms with Crippen molar-refractivity contribution < 1.29 is 9.21 Å². The number of pyridine rings is 1. The second-order valence-electron chi connectivity index (χ2n) is 7.88. The molecular weight excluding hydrogens is 426 g/mol. The van der Waals surface area contributed by atoms with Gasteiger partial charge in [0.1, 0.15) is 11.4 Å². The molecule has 0 aliphatic carbocycles. The summed E-state index contributed by atoms with van der Waals surface area (Å²) in [5.41, 5.74) is 2.43. The monoisotopic (exact) mass is 447 g/mol. The Kier molecular flexibility index (Phi) is 5.49. The molecule has 0 saturated carbocycles. The first kappa shape index (κ1) is 20.5. The third kappa shape index (κ3) is 4.03. The summed E-state index contributed by atoms with van der Waals surface area (Å²) in [6.45, 7) is 1.26. The molecule has 0 radical (unpaired) electrons. The highest BCUT2D eigenvalue weighted by Crippen LogP contribution is 2.30. The number of amides is 1. The Bertz CT molecular complexity index is 1270. The van der Waals surface area contributed by atoms with Gasteiger partial charge < -0.3 is 14.6 Å². The van der Waals surface area contributed by atoms with Crippen molar-refractivity contribution >= 4 is 34.3 Å². The number of aromatic nitrogens is 3. The third-order valence-electron chi connectivity index (χ3n) is 5.74. The van der Waals surface area contributed by atoms with E-state index in [1.165, 1.54) is 0 Å². The molecule has 8 heteroatoms. The van der Waals surface area contributed by atoms with Crippen LogP contribution in [-0.2, 0) is 0 Å². The molecule has 1 saturated heterocycles. The van der Waals surface area contributed by atoms with E-state index < -0.39 is 0 Å². The van der Waals surface area contributed by atoms with Gasteiger partial charge in [0.05, 0.1) is 5.69 Å². The highest BCUT2D eigenvalue weighted by molar-refractivity contribution is 6.31. The predicted molar refractivity (Wildman–Crippen MR) is 124 cm³/mol. The van der Waals surface area contributed by atoms with Crippen LogP contribution in [0.25, 0.3) is 22.4 Å². The van der Waals surface area contributed by atoms with Crippen molar-refractivity contribution in [3.8, 4) is 11.4 Å². The SMILES string of the molecule is CNc1cc(C2CCCN(C(=O)c3cc4cc(Cl)ccc4o3)C2)nc(-c2cccnc2)n1. The molecule has 1 aliphatic heterocycles. The van der Waals surface area contributed by atoms with Crippen molar-refractivity contribution in [2.75, 3.05) is 25.5 Å². The molecule has 162 valence electrons. The predicted octanol–water partition coefficient (Wildman–Crippen LogP) is 5.00. The molecule has 1 aliphatic rings. The summed E-state index contributed by atoms with van der Waals surface area (Å²) in [5.74, 6) is 1.69. The van der Waals surface area contributed by atoms with Crippen LogP contribution in [0.15, 0.2) is 59.3 Å². The minimum atomic E-state index is -0.114. The molecule has 1 aromatic carbocycles. The van der Waals surface area contributed by atoms with Gasteiger partial charge in [-0.15, -0.1) is 0 Å². The lowest BCUT2D eigenvalue weighted by atomic mass is 9.94. The summed E-state index contributed by atoms with van der Waals surface area (Å²) in [6, 6.07) is 12.9. The molecule has 1 N–H and O–H groups in total. The van der Waals surface area contributed by atoms with Gasteiger partial charge >= 0.3 is 0 Å². The van der Waals surface area contributed by atoms with Crippen LogP contribution in [0.3, 0.4) is 0 Å². The number of hydrogen-bond acceptors (Lipinski definition) is 6. The summed E-state index contributed by atoms with van der Waals surface area (Å²) >= 11 is 6.07. The van der Waals surface area contributed by atoms with E-state index in [0.29, 0.717) is 35.3 Å². The number of carbonyl (C=O) groups excluding carboxylic acids is 1. The third-order valence-corrected chi connectivity index (χ3v) is 5.97. The number of benzene rings is 1. The van der Waals surface area contributed by atoms with Crippen molar-refractivity contribution in [1.29, 1.82) is 0 Å². The molecule has 0 bridgehead atoms. The molecule has 1 fully saturated rings. The lowest BCUT2D eigenvalue weighted by Crippen LogP contribution is -2.39. The highest BCUT2D eigenvalue weighted by atomic mass is 35.5. The molecule has 32 heavy (non-hydrogen) atoms. The van der Waals surface area contributed by atoms with Crippen molar-refractivity contribution in [3.63, 3.8) is 0 Å². The van der Waals surface area contributed by atoms with E-state index in [1.807, 2.05) is 30.1 Å². The van der Waals surface area contributed by atoms with Gasteiger partial charge in [0.15, 0.2) is 11.6 Å². The number of furan rings is 1. The van der Waals surface area contributed by atoms with E-state index in [2.05, 4.69) is 15.3 Å². The minimum Gasteiger partial charge on any atom is -0.451 e. The average molecular weight is 448 g/mol. The fraction of sp³-hybridized carbons (Fsp3) is 0.250. The number of fused-ring (bicyclic) bond motifs is 1. The fourth-order valence-electron chi connectivity index (χ4n) is 4.11. The van der Waals surface area contributed by atoms with Crippen LogP contribution in [0.1, 0.15) is 35.0 Å². The Hall–Kier alpha value is -3.45. The molecule has 3 aromatic heterocycles. The largest absolute Gasteiger partial charge is 0.451 e. The minimum absolute atomic E-state index is 0.108. The van der Waals surface area contributed by atoms with E-state index in [4.69, 9.17) is 21.0 Å². The number of hydrogen-bond donors (Lipinski definition) is 1.